The number of hydrogen-bond donors (Lipinski definition) is 3. The minimum absolute atomic E-state index is 0.00127. The number of carbonyl (C=O) groups is 2. The van der Waals surface area contributed by atoms with Crippen LogP contribution in [0.3, 0.4) is 0 Å². The maximum atomic E-state index is 13.7. The lowest BCUT2D eigenvalue weighted by Gasteiger charge is -2.29. The highest BCUT2D eigenvalue weighted by molar-refractivity contribution is 6.36. The summed E-state index contributed by atoms with van der Waals surface area (Å²) in [6.45, 7) is 0.848. The summed E-state index contributed by atoms with van der Waals surface area (Å²) in [5.41, 5.74) is 12.5. The van der Waals surface area contributed by atoms with Crippen LogP contribution in [-0.4, -0.2) is 35.9 Å². The van der Waals surface area contributed by atoms with Crippen molar-refractivity contribution >= 4 is 29.2 Å². The molecule has 0 atom stereocenters. The van der Waals surface area contributed by atoms with E-state index in [1.807, 2.05) is 23.1 Å². The maximum Gasteiger partial charge on any atom is 0.259 e. The van der Waals surface area contributed by atoms with Crippen LogP contribution in [0.4, 0.5) is 5.69 Å². The van der Waals surface area contributed by atoms with E-state index in [4.69, 9.17) is 12.2 Å². The molecule has 1 aromatic heterocycles. The first kappa shape index (κ1) is 22.5. The molecule has 6 heteroatoms. The Morgan fingerprint density at radius 1 is 1.21 bits per heavy atom. The summed E-state index contributed by atoms with van der Waals surface area (Å²) >= 11 is 0. The van der Waals surface area contributed by atoms with Gasteiger partial charge in [0.1, 0.15) is 0 Å². The molecule has 0 bridgehead atoms. The topological polar surface area (TPSA) is 91.2 Å². The van der Waals surface area contributed by atoms with E-state index in [-0.39, 0.29) is 24.4 Å². The van der Waals surface area contributed by atoms with Crippen molar-refractivity contribution < 1.29 is 9.59 Å². The molecule has 0 unspecified atom stereocenters. The average Bonchev–Trinajstić information content (AvgIpc) is 3.37. The molecule has 176 valence electrons. The molecule has 34 heavy (non-hydrogen) atoms. The van der Waals surface area contributed by atoms with Crippen molar-refractivity contribution in [1.82, 2.24) is 10.3 Å². The van der Waals surface area contributed by atoms with E-state index >= 15 is 0 Å². The van der Waals surface area contributed by atoms with Gasteiger partial charge in [-0.3, -0.25) is 9.59 Å². The van der Waals surface area contributed by atoms with E-state index in [0.717, 1.165) is 55.5 Å². The van der Waals surface area contributed by atoms with E-state index < -0.39 is 0 Å². The number of aryl methyl sites for hydroxylation is 2. The van der Waals surface area contributed by atoms with Crippen molar-refractivity contribution in [2.45, 2.75) is 57.4 Å². The first-order valence-corrected chi connectivity index (χ1v) is 12.4. The zero-order valence-electron chi connectivity index (χ0n) is 19.5. The minimum Gasteiger partial charge on any atom is -0.359 e. The number of anilines is 1. The highest BCUT2D eigenvalue weighted by Crippen LogP contribution is 2.40. The van der Waals surface area contributed by atoms with Gasteiger partial charge in [-0.1, -0.05) is 5.92 Å². The summed E-state index contributed by atoms with van der Waals surface area (Å²) in [4.78, 5) is 31.7. The highest BCUT2D eigenvalue weighted by atomic mass is 16.2. The van der Waals surface area contributed by atoms with E-state index in [2.05, 4.69) is 22.3 Å². The first-order valence-electron chi connectivity index (χ1n) is 12.4. The van der Waals surface area contributed by atoms with E-state index in [0.29, 0.717) is 23.6 Å². The Balaban J connectivity index is 1.49. The van der Waals surface area contributed by atoms with Gasteiger partial charge in [0.05, 0.1) is 17.8 Å². The second kappa shape index (κ2) is 9.52. The van der Waals surface area contributed by atoms with Gasteiger partial charge in [-0.25, -0.2) is 0 Å². The number of terminal acetylenes is 1. The van der Waals surface area contributed by atoms with Crippen LogP contribution in [0.2, 0.25) is 0 Å². The van der Waals surface area contributed by atoms with Gasteiger partial charge in [-0.05, 0) is 93.2 Å². The molecule has 6 nitrogen and oxygen atoms in total. The molecule has 1 fully saturated rings. The third kappa shape index (κ3) is 4.41. The van der Waals surface area contributed by atoms with E-state index in [9.17, 15) is 9.59 Å². The van der Waals surface area contributed by atoms with Crippen LogP contribution in [0.5, 0.6) is 0 Å². The lowest BCUT2D eigenvalue weighted by atomic mass is 9.86. The summed E-state index contributed by atoms with van der Waals surface area (Å²) < 4.78 is 0. The molecule has 2 heterocycles. The molecule has 1 saturated carbocycles. The number of H-pyrrole nitrogens is 1. The number of nitrogens with zero attached hydrogens (tertiary/aromatic N) is 1. The van der Waals surface area contributed by atoms with Crippen LogP contribution in [0.25, 0.3) is 11.6 Å². The fraction of sp³-hybridized carbons (Fsp3) is 0.429. The van der Waals surface area contributed by atoms with Crippen LogP contribution in [0, 0.1) is 18.3 Å². The molecule has 2 aliphatic carbocycles. The Labute approximate surface area is 201 Å². The fourth-order valence-corrected chi connectivity index (χ4v) is 5.54. The molecular formula is C28H32N4O2. The third-order valence-corrected chi connectivity index (χ3v) is 7.43. The van der Waals surface area contributed by atoms with Crippen LogP contribution < -0.4 is 16.0 Å². The zero-order chi connectivity index (χ0) is 23.7. The molecular weight excluding hydrogens is 424 g/mol. The molecule has 0 radical (unpaired) electrons. The largest absolute Gasteiger partial charge is 0.359 e. The smallest absolute Gasteiger partial charge is 0.259 e. The molecule has 1 aliphatic heterocycles. The molecule has 3 aliphatic rings. The predicted molar refractivity (Wildman–Crippen MR) is 135 cm³/mol. The van der Waals surface area contributed by atoms with E-state index in [1.165, 1.54) is 24.1 Å². The fourth-order valence-electron chi connectivity index (χ4n) is 5.54. The van der Waals surface area contributed by atoms with Gasteiger partial charge in [0.15, 0.2) is 0 Å². The van der Waals surface area contributed by atoms with Gasteiger partial charge in [-0.2, -0.15) is 0 Å². The number of benzene rings is 1. The number of nitrogens with one attached hydrogen (secondary N) is 2. The maximum absolute atomic E-state index is 13.7. The first-order chi connectivity index (χ1) is 16.5. The summed E-state index contributed by atoms with van der Waals surface area (Å²) in [7, 11) is 0. The molecule has 0 spiro atoms. The van der Waals surface area contributed by atoms with Crippen molar-refractivity contribution in [1.29, 1.82) is 0 Å². The Bertz CT molecular complexity index is 1150. The second-order valence-electron chi connectivity index (χ2n) is 9.81. The van der Waals surface area contributed by atoms with Crippen LogP contribution in [-0.2, 0) is 17.6 Å². The van der Waals surface area contributed by atoms with Crippen molar-refractivity contribution in [2.75, 3.05) is 18.0 Å². The van der Waals surface area contributed by atoms with Gasteiger partial charge in [0.2, 0.25) is 0 Å². The third-order valence-electron chi connectivity index (χ3n) is 7.43. The molecule has 2 aromatic rings. The molecule has 4 N–H and O–H groups in total. The number of hydrogen-bond acceptors (Lipinski definition) is 3. The van der Waals surface area contributed by atoms with Gasteiger partial charge < -0.3 is 20.9 Å². The summed E-state index contributed by atoms with van der Waals surface area (Å²) in [5.74, 6) is 2.63. The zero-order valence-corrected chi connectivity index (χ0v) is 19.5. The predicted octanol–water partition coefficient (Wildman–Crippen LogP) is 3.66. The van der Waals surface area contributed by atoms with Gasteiger partial charge >= 0.3 is 0 Å². The number of amides is 2. The monoisotopic (exact) mass is 456 g/mol. The SMILES string of the molecule is C#CCNC(=O)c1ccc2c(c1)/C(=C/c1cc3c([nH]1)CCCC3)C(=O)N2CC1CCC(N)CC1. The number of rotatable bonds is 5. The van der Waals surface area contributed by atoms with Crippen molar-refractivity contribution in [2.24, 2.45) is 11.7 Å². The Hall–Kier alpha value is -3.30. The summed E-state index contributed by atoms with van der Waals surface area (Å²) in [6.07, 6.45) is 15.9. The minimum atomic E-state index is -0.234. The molecule has 2 amide bonds. The standard InChI is InChI=1S/C28H32N4O2/c1-2-13-30-27(33)20-9-12-26-23(15-20)24(16-22-14-19-5-3-4-6-25(19)31-22)28(34)32(26)17-18-7-10-21(29)11-8-18/h1,9,12,14-16,18,21,31H,3-8,10-11,13,17,29H2,(H,30,33)/b24-16-. The Kier molecular flexibility index (Phi) is 6.30. The van der Waals surface area contributed by atoms with E-state index in [1.54, 1.807) is 6.07 Å². The molecule has 1 aromatic carbocycles. The van der Waals surface area contributed by atoms with Crippen LogP contribution >= 0.6 is 0 Å². The van der Waals surface area contributed by atoms with Crippen molar-refractivity contribution in [3.63, 3.8) is 0 Å². The molecule has 5 rings (SSSR count). The Morgan fingerprint density at radius 3 is 2.76 bits per heavy atom. The molecule has 0 saturated heterocycles. The lowest BCUT2D eigenvalue weighted by molar-refractivity contribution is -0.113. The summed E-state index contributed by atoms with van der Waals surface area (Å²) in [5, 5.41) is 2.72. The number of nitrogens with two attached hydrogens (primary N) is 1. The average molecular weight is 457 g/mol. The quantitative estimate of drug-likeness (QED) is 0.474. The van der Waals surface area contributed by atoms with Crippen molar-refractivity contribution in [3.8, 4) is 12.3 Å². The highest BCUT2D eigenvalue weighted by Gasteiger charge is 2.35. The van der Waals surface area contributed by atoms with Gasteiger partial charge in [0, 0.05) is 35.1 Å². The van der Waals surface area contributed by atoms with Crippen molar-refractivity contribution in [3.05, 3.63) is 52.3 Å². The number of carbonyl (C=O) groups excluding carboxylic acids is 2. The normalized spacial score (nSPS) is 22.9. The second-order valence-corrected chi connectivity index (χ2v) is 9.81. The van der Waals surface area contributed by atoms with Crippen LogP contribution in [0.1, 0.15) is 71.4 Å². The number of fused-ring (bicyclic) bond motifs is 2. The lowest BCUT2D eigenvalue weighted by Crippen LogP contribution is -2.36. The Morgan fingerprint density at radius 2 is 2.00 bits per heavy atom. The summed E-state index contributed by atoms with van der Waals surface area (Å²) in [6, 6.07) is 7.94. The van der Waals surface area contributed by atoms with Gasteiger partial charge in [-0.15, -0.1) is 6.42 Å². The number of aromatic amines is 1. The van der Waals surface area contributed by atoms with Crippen LogP contribution in [0.15, 0.2) is 24.3 Å². The number of aromatic nitrogens is 1. The van der Waals surface area contributed by atoms with Gasteiger partial charge in [0.25, 0.3) is 11.8 Å².